The number of ketones is 1. The predicted molar refractivity (Wildman–Crippen MR) is 143 cm³/mol. The van der Waals surface area contributed by atoms with Crippen LogP contribution in [0.5, 0.6) is 0 Å². The van der Waals surface area contributed by atoms with Crippen molar-refractivity contribution >= 4 is 52.2 Å². The maximum atomic E-state index is 12.9. The van der Waals surface area contributed by atoms with Crippen LogP contribution in [0.3, 0.4) is 0 Å². The van der Waals surface area contributed by atoms with E-state index in [1.807, 2.05) is 84.9 Å². The Morgan fingerprint density at radius 1 is 0.606 bits per heavy atom. The van der Waals surface area contributed by atoms with Crippen molar-refractivity contribution in [3.63, 3.8) is 0 Å². The first-order valence-electron chi connectivity index (χ1n) is 10.6. The van der Waals surface area contributed by atoms with Gasteiger partial charge in [-0.05, 0) is 36.4 Å². The fourth-order valence-electron chi connectivity index (χ4n) is 3.99. The van der Waals surface area contributed by atoms with E-state index >= 15 is 0 Å². The molecular formula is C28H23Cl2NOP+. The number of nitrogens with one attached hydrogen (secondary N) is 1. The van der Waals surface area contributed by atoms with Crippen molar-refractivity contribution in [1.82, 2.24) is 5.32 Å². The Labute approximate surface area is 205 Å². The number of benzene rings is 4. The van der Waals surface area contributed by atoms with Crippen LogP contribution >= 0.6 is 30.5 Å². The first-order valence-corrected chi connectivity index (χ1v) is 13.1. The molecule has 4 rings (SSSR count). The summed E-state index contributed by atoms with van der Waals surface area (Å²) in [7, 11) is -2.51. The number of Topliss-reactive ketones (excluding diaryl/α,β-unsaturated/α-hetero) is 1. The molecule has 164 valence electrons. The van der Waals surface area contributed by atoms with E-state index in [-0.39, 0.29) is 16.8 Å². The summed E-state index contributed by atoms with van der Waals surface area (Å²) in [6.07, 6.45) is 0. The van der Waals surface area contributed by atoms with Crippen molar-refractivity contribution in [2.75, 3.05) is 6.54 Å². The van der Waals surface area contributed by atoms with E-state index in [4.69, 9.17) is 23.2 Å². The number of halogens is 2. The third-order valence-corrected chi connectivity index (χ3v) is 10.4. The quantitative estimate of drug-likeness (QED) is 0.240. The van der Waals surface area contributed by atoms with Crippen molar-refractivity contribution in [1.29, 1.82) is 0 Å². The first-order chi connectivity index (χ1) is 16.1. The van der Waals surface area contributed by atoms with Gasteiger partial charge in [0.25, 0.3) is 0 Å². The molecule has 0 aliphatic carbocycles. The van der Waals surface area contributed by atoms with Gasteiger partial charge in [-0.15, -0.1) is 0 Å². The zero-order valence-corrected chi connectivity index (χ0v) is 20.3. The first kappa shape index (κ1) is 23.3. The van der Waals surface area contributed by atoms with Gasteiger partial charge in [0.1, 0.15) is 15.9 Å². The standard InChI is InChI=1S/C28H23Cl2NOP/c29-27(30)28(31-21-26(32)22-13-5-1-6-14-22)33(23-15-7-2-8-16-23,24-17-9-3-10-18-24)25-19-11-4-12-20-25/h1-20,31H,21H2/q+1. The Balaban J connectivity index is 1.91. The Morgan fingerprint density at radius 3 is 1.33 bits per heavy atom. The molecule has 0 aromatic heterocycles. The second kappa shape index (κ2) is 10.8. The van der Waals surface area contributed by atoms with E-state index in [1.165, 1.54) is 0 Å². The van der Waals surface area contributed by atoms with Crippen LogP contribution in [0, 0.1) is 0 Å². The fraction of sp³-hybridized carbons (Fsp3) is 0.0357. The second-order valence-electron chi connectivity index (χ2n) is 7.43. The molecule has 0 bridgehead atoms. The van der Waals surface area contributed by atoms with Crippen LogP contribution in [-0.2, 0) is 0 Å². The van der Waals surface area contributed by atoms with Crippen LogP contribution in [0.2, 0.25) is 0 Å². The Kier molecular flexibility index (Phi) is 7.62. The summed E-state index contributed by atoms with van der Waals surface area (Å²) in [4.78, 5) is 12.9. The average molecular weight is 491 g/mol. The van der Waals surface area contributed by atoms with Crippen LogP contribution in [0.25, 0.3) is 0 Å². The normalized spacial score (nSPS) is 11.0. The number of hydrogen-bond acceptors (Lipinski definition) is 2. The lowest BCUT2D eigenvalue weighted by Crippen LogP contribution is -2.38. The molecule has 0 saturated carbocycles. The molecule has 2 nitrogen and oxygen atoms in total. The molecule has 0 radical (unpaired) electrons. The van der Waals surface area contributed by atoms with Crippen LogP contribution in [0.1, 0.15) is 10.4 Å². The largest absolute Gasteiger partial charge is 0.346 e. The van der Waals surface area contributed by atoms with Gasteiger partial charge in [0.2, 0.25) is 5.44 Å². The molecule has 4 aromatic rings. The molecule has 0 aliphatic rings. The number of carbonyl (C=O) groups is 1. The zero-order valence-electron chi connectivity index (χ0n) is 17.9. The van der Waals surface area contributed by atoms with Gasteiger partial charge < -0.3 is 5.32 Å². The Morgan fingerprint density at radius 2 is 0.970 bits per heavy atom. The predicted octanol–water partition coefficient (Wildman–Crippen LogP) is 6.06. The van der Waals surface area contributed by atoms with Gasteiger partial charge in [0, 0.05) is 5.56 Å². The van der Waals surface area contributed by atoms with Gasteiger partial charge in [-0.25, -0.2) is 0 Å². The van der Waals surface area contributed by atoms with Gasteiger partial charge >= 0.3 is 0 Å². The Bertz CT molecular complexity index is 1130. The summed E-state index contributed by atoms with van der Waals surface area (Å²) in [5.74, 6) is -0.0324. The topological polar surface area (TPSA) is 29.1 Å². The van der Waals surface area contributed by atoms with E-state index in [9.17, 15) is 4.79 Å². The molecule has 0 atom stereocenters. The van der Waals surface area contributed by atoms with Gasteiger partial charge in [0.15, 0.2) is 17.5 Å². The summed E-state index contributed by atoms with van der Waals surface area (Å²) in [5.41, 5.74) is 1.30. The summed E-state index contributed by atoms with van der Waals surface area (Å²) in [6.45, 7) is 0.0799. The highest BCUT2D eigenvalue weighted by molar-refractivity contribution is 7.99. The molecule has 1 N–H and O–H groups in total. The molecule has 0 spiro atoms. The van der Waals surface area contributed by atoms with E-state index in [1.54, 1.807) is 0 Å². The highest BCUT2D eigenvalue weighted by Crippen LogP contribution is 2.62. The van der Waals surface area contributed by atoms with Crippen molar-refractivity contribution in [3.8, 4) is 0 Å². The van der Waals surface area contributed by atoms with Crippen molar-refractivity contribution in [3.05, 3.63) is 137 Å². The molecule has 33 heavy (non-hydrogen) atoms. The minimum atomic E-state index is -2.51. The lowest BCUT2D eigenvalue weighted by atomic mass is 10.1. The van der Waals surface area contributed by atoms with E-state index in [0.717, 1.165) is 15.9 Å². The minimum absolute atomic E-state index is 0.0324. The molecule has 0 heterocycles. The molecular weight excluding hydrogens is 468 g/mol. The number of hydrogen-bond donors (Lipinski definition) is 1. The summed E-state index contributed by atoms with van der Waals surface area (Å²) < 4.78 is 0.126. The highest BCUT2D eigenvalue weighted by atomic mass is 35.5. The molecule has 0 saturated heterocycles. The monoisotopic (exact) mass is 490 g/mol. The molecule has 0 amide bonds. The Hall–Kier alpha value is -2.90. The zero-order chi connectivity index (χ0) is 23.1. The SMILES string of the molecule is O=C(CNC(=C(Cl)Cl)[P+](c1ccccc1)(c1ccccc1)c1ccccc1)c1ccccc1. The lowest BCUT2D eigenvalue weighted by molar-refractivity contribution is 0.0994. The third-order valence-electron chi connectivity index (χ3n) is 5.46. The van der Waals surface area contributed by atoms with Crippen LogP contribution in [-0.4, -0.2) is 12.3 Å². The van der Waals surface area contributed by atoms with Gasteiger partial charge in [0.05, 0.1) is 6.54 Å². The van der Waals surface area contributed by atoms with Crippen molar-refractivity contribution < 1.29 is 4.79 Å². The molecule has 4 aromatic carbocycles. The highest BCUT2D eigenvalue weighted by Gasteiger charge is 2.51. The minimum Gasteiger partial charge on any atom is -0.346 e. The van der Waals surface area contributed by atoms with E-state index < -0.39 is 7.26 Å². The van der Waals surface area contributed by atoms with Crippen molar-refractivity contribution in [2.24, 2.45) is 0 Å². The van der Waals surface area contributed by atoms with Gasteiger partial charge in [-0.2, -0.15) is 0 Å². The third kappa shape index (κ3) is 4.89. The molecule has 5 heteroatoms. The molecule has 0 aliphatic heterocycles. The number of rotatable bonds is 8. The maximum absolute atomic E-state index is 12.9. The number of carbonyl (C=O) groups excluding carboxylic acids is 1. The van der Waals surface area contributed by atoms with Crippen LogP contribution in [0.4, 0.5) is 0 Å². The van der Waals surface area contributed by atoms with Gasteiger partial charge in [-0.3, -0.25) is 4.79 Å². The van der Waals surface area contributed by atoms with Gasteiger partial charge in [-0.1, -0.05) is 108 Å². The molecule has 0 fully saturated rings. The lowest BCUT2D eigenvalue weighted by Gasteiger charge is -2.29. The summed E-state index contributed by atoms with van der Waals surface area (Å²) >= 11 is 13.2. The van der Waals surface area contributed by atoms with Crippen LogP contribution < -0.4 is 21.2 Å². The fourth-order valence-corrected chi connectivity index (χ4v) is 8.98. The second-order valence-corrected chi connectivity index (χ2v) is 11.7. The summed E-state index contributed by atoms with van der Waals surface area (Å²) in [6, 6.07) is 39.9. The van der Waals surface area contributed by atoms with Crippen molar-refractivity contribution in [2.45, 2.75) is 0 Å². The van der Waals surface area contributed by atoms with E-state index in [0.29, 0.717) is 11.0 Å². The van der Waals surface area contributed by atoms with E-state index in [2.05, 4.69) is 41.7 Å². The smallest absolute Gasteiger partial charge is 0.203 e. The summed E-state index contributed by atoms with van der Waals surface area (Å²) in [5, 5.41) is 6.65. The average Bonchev–Trinajstić information content (AvgIpc) is 2.88. The maximum Gasteiger partial charge on any atom is 0.203 e. The van der Waals surface area contributed by atoms with Crippen LogP contribution in [0.15, 0.2) is 131 Å². The molecule has 0 unspecified atom stereocenters.